The molecule has 1 heterocycles. The Morgan fingerprint density at radius 3 is 2.52 bits per heavy atom. The number of hydrogen-bond donors (Lipinski definition) is 1. The second kappa shape index (κ2) is 7.81. The van der Waals surface area contributed by atoms with E-state index >= 15 is 0 Å². The monoisotopic (exact) mass is 314 g/mol. The van der Waals surface area contributed by atoms with Crippen molar-refractivity contribution < 1.29 is 0 Å². The zero-order valence-electron chi connectivity index (χ0n) is 15.1. The molecule has 3 rings (SSSR count). The zero-order chi connectivity index (χ0) is 16.2. The number of nitrogens with two attached hydrogens (primary N) is 1. The molecule has 2 N–H and O–H groups in total. The average molecular weight is 315 g/mol. The van der Waals surface area contributed by atoms with Crippen molar-refractivity contribution in [2.45, 2.75) is 64.8 Å². The van der Waals surface area contributed by atoms with Gasteiger partial charge >= 0.3 is 0 Å². The second-order valence-electron chi connectivity index (χ2n) is 8.21. The second-order valence-corrected chi connectivity index (χ2v) is 8.21. The van der Waals surface area contributed by atoms with Crippen LogP contribution in [0.25, 0.3) is 0 Å². The maximum absolute atomic E-state index is 6.39. The minimum absolute atomic E-state index is 0.365. The lowest BCUT2D eigenvalue weighted by molar-refractivity contribution is 0.124. The maximum atomic E-state index is 6.39. The third-order valence-electron chi connectivity index (χ3n) is 5.98. The summed E-state index contributed by atoms with van der Waals surface area (Å²) in [5, 5.41) is 0. The quantitative estimate of drug-likeness (QED) is 0.907. The summed E-state index contributed by atoms with van der Waals surface area (Å²) in [6, 6.07) is 7.33. The van der Waals surface area contributed by atoms with E-state index in [1.807, 2.05) is 0 Å². The van der Waals surface area contributed by atoms with Gasteiger partial charge in [0.2, 0.25) is 0 Å². The zero-order valence-corrected chi connectivity index (χ0v) is 15.1. The normalized spacial score (nSPS) is 27.3. The maximum Gasteiger partial charge on any atom is 0.0171 e. The van der Waals surface area contributed by atoms with Crippen LogP contribution in [0, 0.1) is 25.7 Å². The van der Waals surface area contributed by atoms with Gasteiger partial charge in [0.05, 0.1) is 0 Å². The van der Waals surface area contributed by atoms with Crippen LogP contribution in [0.4, 0.5) is 0 Å². The van der Waals surface area contributed by atoms with Gasteiger partial charge in [0.25, 0.3) is 0 Å². The van der Waals surface area contributed by atoms with E-state index in [9.17, 15) is 0 Å². The molecule has 2 unspecified atom stereocenters. The van der Waals surface area contributed by atoms with Gasteiger partial charge in [-0.25, -0.2) is 0 Å². The summed E-state index contributed by atoms with van der Waals surface area (Å²) in [5.74, 6) is 1.65. The van der Waals surface area contributed by atoms with Gasteiger partial charge in [0, 0.05) is 25.7 Å². The van der Waals surface area contributed by atoms with Gasteiger partial charge in [0.15, 0.2) is 0 Å². The number of hydrogen-bond acceptors (Lipinski definition) is 2. The first-order valence-electron chi connectivity index (χ1n) is 9.64. The molecule has 1 aromatic rings. The summed E-state index contributed by atoms with van der Waals surface area (Å²) in [6.45, 7) is 8.07. The molecular weight excluding hydrogens is 280 g/mol. The minimum atomic E-state index is 0.365. The van der Waals surface area contributed by atoms with Crippen molar-refractivity contribution in [3.05, 3.63) is 34.9 Å². The number of nitrogens with zero attached hydrogens (tertiary/aromatic N) is 1. The summed E-state index contributed by atoms with van der Waals surface area (Å²) in [4.78, 5) is 2.68. The lowest BCUT2D eigenvalue weighted by Crippen LogP contribution is -2.49. The molecule has 2 heteroatoms. The molecule has 0 bridgehead atoms. The average Bonchev–Trinajstić information content (AvgIpc) is 2.51. The lowest BCUT2D eigenvalue weighted by Gasteiger charge is -2.39. The van der Waals surface area contributed by atoms with E-state index in [0.717, 1.165) is 18.4 Å². The van der Waals surface area contributed by atoms with Crippen LogP contribution in [-0.4, -0.2) is 30.6 Å². The van der Waals surface area contributed by atoms with Crippen molar-refractivity contribution in [3.8, 4) is 0 Å². The molecule has 1 aliphatic carbocycles. The summed E-state index contributed by atoms with van der Waals surface area (Å²) >= 11 is 0. The molecule has 1 saturated heterocycles. The third kappa shape index (κ3) is 4.81. The summed E-state index contributed by atoms with van der Waals surface area (Å²) in [6.07, 6.45) is 9.59. The number of piperidine rings is 1. The van der Waals surface area contributed by atoms with Crippen LogP contribution in [0.1, 0.15) is 55.2 Å². The molecule has 23 heavy (non-hydrogen) atoms. The van der Waals surface area contributed by atoms with Gasteiger partial charge in [-0.1, -0.05) is 37.5 Å². The Bertz CT molecular complexity index is 505. The largest absolute Gasteiger partial charge is 0.327 e. The molecule has 2 nitrogen and oxygen atoms in total. The summed E-state index contributed by atoms with van der Waals surface area (Å²) < 4.78 is 0. The smallest absolute Gasteiger partial charge is 0.0171 e. The Balaban J connectivity index is 1.57. The van der Waals surface area contributed by atoms with Crippen molar-refractivity contribution in [3.63, 3.8) is 0 Å². The van der Waals surface area contributed by atoms with Crippen molar-refractivity contribution in [2.75, 3.05) is 19.6 Å². The van der Waals surface area contributed by atoms with Gasteiger partial charge in [0.1, 0.15) is 0 Å². The molecule has 0 amide bonds. The van der Waals surface area contributed by atoms with Crippen LogP contribution in [-0.2, 0) is 6.42 Å². The Labute approximate surface area is 142 Å². The van der Waals surface area contributed by atoms with Crippen molar-refractivity contribution in [2.24, 2.45) is 17.6 Å². The number of likely N-dealkylation sites (tertiary alicyclic amines) is 1. The van der Waals surface area contributed by atoms with Gasteiger partial charge in [-0.3, -0.25) is 0 Å². The van der Waals surface area contributed by atoms with Crippen LogP contribution in [0.2, 0.25) is 0 Å². The van der Waals surface area contributed by atoms with Gasteiger partial charge < -0.3 is 10.6 Å². The fourth-order valence-electron chi connectivity index (χ4n) is 4.64. The molecular formula is C21H34N2. The molecule has 0 aromatic heterocycles. The highest BCUT2D eigenvalue weighted by Crippen LogP contribution is 2.27. The predicted molar refractivity (Wildman–Crippen MR) is 98.7 cm³/mol. The number of benzene rings is 1. The fourth-order valence-corrected chi connectivity index (χ4v) is 4.64. The van der Waals surface area contributed by atoms with E-state index < -0.39 is 0 Å². The molecule has 1 aliphatic heterocycles. The third-order valence-corrected chi connectivity index (χ3v) is 5.98. The Kier molecular flexibility index (Phi) is 5.76. The van der Waals surface area contributed by atoms with Crippen molar-refractivity contribution >= 4 is 0 Å². The minimum Gasteiger partial charge on any atom is -0.327 e. The lowest BCUT2D eigenvalue weighted by atomic mass is 9.85. The van der Waals surface area contributed by atoms with E-state index in [-0.39, 0.29) is 0 Å². The Morgan fingerprint density at radius 2 is 1.78 bits per heavy atom. The topological polar surface area (TPSA) is 29.3 Å². The Morgan fingerprint density at radius 1 is 1.00 bits per heavy atom. The summed E-state index contributed by atoms with van der Waals surface area (Å²) in [5.41, 5.74) is 10.7. The van der Waals surface area contributed by atoms with Gasteiger partial charge in [-0.2, -0.15) is 0 Å². The molecule has 1 saturated carbocycles. The first kappa shape index (κ1) is 17.0. The molecule has 128 valence electrons. The summed E-state index contributed by atoms with van der Waals surface area (Å²) in [7, 11) is 0. The molecule has 0 spiro atoms. The van der Waals surface area contributed by atoms with Crippen LogP contribution in [0.5, 0.6) is 0 Å². The van der Waals surface area contributed by atoms with Crippen molar-refractivity contribution in [1.29, 1.82) is 0 Å². The van der Waals surface area contributed by atoms with Gasteiger partial charge in [-0.05, 0) is 68.1 Å². The highest BCUT2D eigenvalue weighted by atomic mass is 15.2. The SMILES string of the molecule is Cc1ccc(CC2CC(N)CN(CC3CCCCC3)C2)cc1C. The van der Waals surface area contributed by atoms with E-state index in [1.54, 1.807) is 0 Å². The number of aryl methyl sites for hydroxylation is 2. The molecule has 2 aliphatic rings. The van der Waals surface area contributed by atoms with E-state index in [1.165, 1.54) is 74.7 Å². The highest BCUT2D eigenvalue weighted by molar-refractivity contribution is 5.30. The Hall–Kier alpha value is -0.860. The van der Waals surface area contributed by atoms with Crippen LogP contribution < -0.4 is 5.73 Å². The number of rotatable bonds is 4. The van der Waals surface area contributed by atoms with Crippen LogP contribution >= 0.6 is 0 Å². The first-order chi connectivity index (χ1) is 11.1. The molecule has 0 radical (unpaired) electrons. The molecule has 2 atom stereocenters. The standard InChI is InChI=1S/C21H34N2/c1-16-8-9-19(10-17(16)2)11-20-12-21(22)15-23(14-20)13-18-6-4-3-5-7-18/h8-10,18,20-21H,3-7,11-15,22H2,1-2H3. The van der Waals surface area contributed by atoms with E-state index in [4.69, 9.17) is 5.73 Å². The van der Waals surface area contributed by atoms with Crippen molar-refractivity contribution in [1.82, 2.24) is 4.90 Å². The van der Waals surface area contributed by atoms with Crippen LogP contribution in [0.3, 0.4) is 0 Å². The van der Waals surface area contributed by atoms with Crippen LogP contribution in [0.15, 0.2) is 18.2 Å². The first-order valence-corrected chi connectivity index (χ1v) is 9.64. The fraction of sp³-hybridized carbons (Fsp3) is 0.714. The highest BCUT2D eigenvalue weighted by Gasteiger charge is 2.27. The van der Waals surface area contributed by atoms with Gasteiger partial charge in [-0.15, -0.1) is 0 Å². The predicted octanol–water partition coefficient (Wildman–Crippen LogP) is 4.08. The van der Waals surface area contributed by atoms with E-state index in [0.29, 0.717) is 6.04 Å². The molecule has 1 aromatic carbocycles. The van der Waals surface area contributed by atoms with E-state index in [2.05, 4.69) is 36.9 Å². The molecule has 2 fully saturated rings.